The highest BCUT2D eigenvalue weighted by Gasteiger charge is 2.14. The number of hydrogen-bond donors (Lipinski definition) is 1. The number of ether oxygens (including phenoxy) is 3. The van der Waals surface area contributed by atoms with E-state index in [1.807, 2.05) is 19.9 Å². The predicted molar refractivity (Wildman–Crippen MR) is 112 cm³/mol. The Kier molecular flexibility index (Phi) is 7.90. The number of carbonyl (C=O) groups excluding carboxylic acids is 1. The van der Waals surface area contributed by atoms with Gasteiger partial charge in [-0.05, 0) is 65.7 Å². The van der Waals surface area contributed by atoms with Gasteiger partial charge >= 0.3 is 0 Å². The molecule has 2 aromatic carbocycles. The van der Waals surface area contributed by atoms with Crippen LogP contribution in [-0.2, 0) is 4.79 Å². The minimum Gasteiger partial charge on any atom is -0.497 e. The molecule has 0 atom stereocenters. The molecule has 0 aliphatic carbocycles. The van der Waals surface area contributed by atoms with Crippen LogP contribution in [0.5, 0.6) is 17.2 Å². The van der Waals surface area contributed by atoms with Crippen molar-refractivity contribution in [3.63, 3.8) is 0 Å². The fourth-order valence-corrected chi connectivity index (χ4v) is 3.01. The van der Waals surface area contributed by atoms with Crippen LogP contribution in [0.15, 0.2) is 46.4 Å². The molecule has 0 heterocycles. The van der Waals surface area contributed by atoms with E-state index in [9.17, 15) is 10.1 Å². The third-order valence-corrected chi connectivity index (χ3v) is 4.21. The summed E-state index contributed by atoms with van der Waals surface area (Å²) >= 11 is 3.46. The van der Waals surface area contributed by atoms with Crippen LogP contribution in [0, 0.1) is 11.3 Å². The summed E-state index contributed by atoms with van der Waals surface area (Å²) in [5, 5.41) is 12.1. The van der Waals surface area contributed by atoms with Crippen LogP contribution in [0.4, 0.5) is 5.69 Å². The highest BCUT2D eigenvalue weighted by molar-refractivity contribution is 9.10. The standard InChI is InChI=1S/C21H21BrN2O4/c1-4-27-19-11-14(10-18(22)20(19)28-5-2)9-15(13-23)21(25)24-16-7-6-8-17(12-16)26-3/h6-12H,4-5H2,1-3H3,(H,24,25)/b15-9+. The molecule has 2 aromatic rings. The number of nitrogens with zero attached hydrogens (tertiary/aromatic N) is 1. The van der Waals surface area contributed by atoms with Crippen LogP contribution in [0.1, 0.15) is 19.4 Å². The Morgan fingerprint density at radius 1 is 1.21 bits per heavy atom. The average molecular weight is 445 g/mol. The summed E-state index contributed by atoms with van der Waals surface area (Å²) in [5.41, 5.74) is 1.13. The van der Waals surface area contributed by atoms with Gasteiger partial charge in [-0.3, -0.25) is 4.79 Å². The van der Waals surface area contributed by atoms with Crippen LogP contribution in [0.3, 0.4) is 0 Å². The lowest BCUT2D eigenvalue weighted by atomic mass is 10.1. The second-order valence-corrected chi connectivity index (χ2v) is 6.41. The molecule has 0 saturated heterocycles. The lowest BCUT2D eigenvalue weighted by Crippen LogP contribution is -2.13. The van der Waals surface area contributed by atoms with Gasteiger partial charge in [0.05, 0.1) is 24.8 Å². The number of anilines is 1. The molecule has 2 rings (SSSR count). The molecule has 0 fully saturated rings. The van der Waals surface area contributed by atoms with Crippen LogP contribution < -0.4 is 19.5 Å². The highest BCUT2D eigenvalue weighted by Crippen LogP contribution is 2.37. The summed E-state index contributed by atoms with van der Waals surface area (Å²) in [7, 11) is 1.54. The van der Waals surface area contributed by atoms with Gasteiger partial charge in [-0.25, -0.2) is 0 Å². The van der Waals surface area contributed by atoms with Crippen molar-refractivity contribution in [1.82, 2.24) is 0 Å². The monoisotopic (exact) mass is 444 g/mol. The first-order valence-electron chi connectivity index (χ1n) is 8.68. The first-order chi connectivity index (χ1) is 13.5. The third kappa shape index (κ3) is 5.51. The SMILES string of the molecule is CCOc1cc(/C=C(\C#N)C(=O)Nc2cccc(OC)c2)cc(Br)c1OCC. The Morgan fingerprint density at radius 3 is 2.61 bits per heavy atom. The van der Waals surface area contributed by atoms with Crippen molar-refractivity contribution in [2.75, 3.05) is 25.6 Å². The molecule has 0 aliphatic rings. The normalized spacial score (nSPS) is 10.8. The fourth-order valence-electron chi connectivity index (χ4n) is 2.43. The molecule has 0 radical (unpaired) electrons. The van der Waals surface area contributed by atoms with Crippen molar-refractivity contribution in [2.24, 2.45) is 0 Å². The van der Waals surface area contributed by atoms with Crippen molar-refractivity contribution in [3.05, 3.63) is 52.0 Å². The summed E-state index contributed by atoms with van der Waals surface area (Å²) in [5.74, 6) is 1.21. The van der Waals surface area contributed by atoms with Crippen molar-refractivity contribution >= 4 is 33.6 Å². The van der Waals surface area contributed by atoms with Crippen molar-refractivity contribution in [1.29, 1.82) is 5.26 Å². The van der Waals surface area contributed by atoms with Crippen molar-refractivity contribution < 1.29 is 19.0 Å². The van der Waals surface area contributed by atoms with Gasteiger partial charge in [0.25, 0.3) is 5.91 Å². The second kappa shape index (κ2) is 10.4. The van der Waals surface area contributed by atoms with Gasteiger partial charge < -0.3 is 19.5 Å². The Labute approximate surface area is 172 Å². The average Bonchev–Trinajstić information content (AvgIpc) is 2.69. The number of nitrogens with one attached hydrogen (secondary N) is 1. The zero-order chi connectivity index (χ0) is 20.5. The van der Waals surface area contributed by atoms with Gasteiger partial charge in [0.15, 0.2) is 11.5 Å². The molecule has 0 saturated carbocycles. The molecule has 1 amide bonds. The van der Waals surface area contributed by atoms with E-state index in [1.54, 1.807) is 43.5 Å². The van der Waals surface area contributed by atoms with E-state index in [-0.39, 0.29) is 5.57 Å². The van der Waals surface area contributed by atoms with Gasteiger partial charge in [0.1, 0.15) is 17.4 Å². The summed E-state index contributed by atoms with van der Waals surface area (Å²) in [4.78, 5) is 12.5. The van der Waals surface area contributed by atoms with E-state index in [2.05, 4.69) is 21.2 Å². The predicted octanol–water partition coefficient (Wildman–Crippen LogP) is 4.80. The molecule has 28 heavy (non-hydrogen) atoms. The summed E-state index contributed by atoms with van der Waals surface area (Å²) in [6, 6.07) is 12.4. The first kappa shape index (κ1) is 21.3. The maximum absolute atomic E-state index is 12.5. The number of hydrogen-bond acceptors (Lipinski definition) is 5. The van der Waals surface area contributed by atoms with Gasteiger partial charge in [0, 0.05) is 11.8 Å². The zero-order valence-electron chi connectivity index (χ0n) is 15.9. The van der Waals surface area contributed by atoms with E-state index in [1.165, 1.54) is 6.08 Å². The van der Waals surface area contributed by atoms with Crippen LogP contribution in [0.25, 0.3) is 6.08 Å². The van der Waals surface area contributed by atoms with E-state index >= 15 is 0 Å². The molecule has 0 aliphatic heterocycles. The molecule has 6 nitrogen and oxygen atoms in total. The maximum atomic E-state index is 12.5. The van der Waals surface area contributed by atoms with Crippen LogP contribution in [0.2, 0.25) is 0 Å². The summed E-state index contributed by atoms with van der Waals surface area (Å²) in [6.45, 7) is 4.70. The maximum Gasteiger partial charge on any atom is 0.266 e. The number of methoxy groups -OCH3 is 1. The second-order valence-electron chi connectivity index (χ2n) is 5.55. The molecular formula is C21H21BrN2O4. The van der Waals surface area contributed by atoms with E-state index in [4.69, 9.17) is 14.2 Å². The number of rotatable bonds is 8. The largest absolute Gasteiger partial charge is 0.497 e. The first-order valence-corrected chi connectivity index (χ1v) is 9.48. The van der Waals surface area contributed by atoms with Crippen molar-refractivity contribution in [2.45, 2.75) is 13.8 Å². The molecule has 0 unspecified atom stereocenters. The Hall–Kier alpha value is -2.98. The van der Waals surface area contributed by atoms with Crippen LogP contribution >= 0.6 is 15.9 Å². The van der Waals surface area contributed by atoms with E-state index < -0.39 is 5.91 Å². The molecule has 1 N–H and O–H groups in total. The number of nitriles is 1. The quantitative estimate of drug-likeness (QED) is 0.467. The van der Waals surface area contributed by atoms with Crippen LogP contribution in [-0.4, -0.2) is 26.2 Å². The number of amides is 1. The molecule has 0 spiro atoms. The van der Waals surface area contributed by atoms with E-state index in [0.29, 0.717) is 46.2 Å². The molecule has 146 valence electrons. The minimum absolute atomic E-state index is 0.0404. The highest BCUT2D eigenvalue weighted by atomic mass is 79.9. The lowest BCUT2D eigenvalue weighted by molar-refractivity contribution is -0.112. The Bertz CT molecular complexity index is 919. The smallest absolute Gasteiger partial charge is 0.266 e. The number of carbonyl (C=O) groups is 1. The van der Waals surface area contributed by atoms with Gasteiger partial charge in [-0.2, -0.15) is 5.26 Å². The third-order valence-electron chi connectivity index (χ3n) is 3.62. The topological polar surface area (TPSA) is 80.6 Å². The fraction of sp³-hybridized carbons (Fsp3) is 0.238. The molecule has 0 bridgehead atoms. The molecular weight excluding hydrogens is 424 g/mol. The Balaban J connectivity index is 2.32. The summed E-state index contributed by atoms with van der Waals surface area (Å²) < 4.78 is 17.0. The Morgan fingerprint density at radius 2 is 1.96 bits per heavy atom. The van der Waals surface area contributed by atoms with Crippen molar-refractivity contribution in [3.8, 4) is 23.3 Å². The van der Waals surface area contributed by atoms with Gasteiger partial charge in [-0.1, -0.05) is 6.07 Å². The van der Waals surface area contributed by atoms with Gasteiger partial charge in [-0.15, -0.1) is 0 Å². The minimum atomic E-state index is -0.515. The van der Waals surface area contributed by atoms with E-state index in [0.717, 1.165) is 0 Å². The lowest BCUT2D eigenvalue weighted by Gasteiger charge is -2.13. The number of halogens is 1. The zero-order valence-corrected chi connectivity index (χ0v) is 17.5. The number of benzene rings is 2. The summed E-state index contributed by atoms with van der Waals surface area (Å²) in [6.07, 6.45) is 1.50. The van der Waals surface area contributed by atoms with Gasteiger partial charge in [0.2, 0.25) is 0 Å². The molecule has 0 aromatic heterocycles. The molecule has 7 heteroatoms.